The molecular formula is C23H17NO5S. The second-order valence-electron chi connectivity index (χ2n) is 6.89. The van der Waals surface area contributed by atoms with Crippen LogP contribution >= 0.6 is 11.3 Å². The molecule has 0 N–H and O–H groups in total. The Bertz CT molecular complexity index is 1170. The van der Waals surface area contributed by atoms with E-state index in [4.69, 9.17) is 4.74 Å². The normalized spacial score (nSPS) is 12.2. The van der Waals surface area contributed by atoms with Gasteiger partial charge in [0.2, 0.25) is 0 Å². The van der Waals surface area contributed by atoms with Crippen LogP contribution in [0.15, 0.2) is 59.3 Å². The average Bonchev–Trinajstić information content (AvgIpc) is 3.28. The quantitative estimate of drug-likeness (QED) is 0.464. The number of ether oxygens (including phenoxy) is 1. The molecule has 0 saturated carbocycles. The Kier molecular flexibility index (Phi) is 5.29. The highest BCUT2D eigenvalue weighted by Gasteiger charge is 2.33. The monoisotopic (exact) mass is 419 g/mol. The molecule has 6 nitrogen and oxygen atoms in total. The van der Waals surface area contributed by atoms with Crippen LogP contribution in [0.4, 0.5) is 0 Å². The Morgan fingerprint density at radius 2 is 1.63 bits per heavy atom. The van der Waals surface area contributed by atoms with Crippen molar-refractivity contribution in [1.82, 2.24) is 4.90 Å². The fourth-order valence-electron chi connectivity index (χ4n) is 3.38. The Hall–Kier alpha value is -3.58. The maximum atomic E-state index is 13.0. The summed E-state index contributed by atoms with van der Waals surface area (Å²) >= 11 is 1.53. The third-order valence-corrected chi connectivity index (χ3v) is 5.66. The Labute approximate surface area is 176 Å². The summed E-state index contributed by atoms with van der Waals surface area (Å²) in [6, 6.07) is 12.9. The minimum absolute atomic E-state index is 0.0188. The number of thiophene rings is 1. The van der Waals surface area contributed by atoms with Crippen molar-refractivity contribution in [2.24, 2.45) is 0 Å². The zero-order valence-corrected chi connectivity index (χ0v) is 16.9. The highest BCUT2D eigenvalue weighted by atomic mass is 32.1. The predicted molar refractivity (Wildman–Crippen MR) is 111 cm³/mol. The fraction of sp³-hybridized carbons (Fsp3) is 0.130. The zero-order valence-electron chi connectivity index (χ0n) is 16.1. The first-order valence-electron chi connectivity index (χ1n) is 9.21. The summed E-state index contributed by atoms with van der Waals surface area (Å²) in [6.07, 6.45) is 0. The highest BCUT2D eigenvalue weighted by molar-refractivity contribution is 7.07. The summed E-state index contributed by atoms with van der Waals surface area (Å²) < 4.78 is 5.18. The number of rotatable bonds is 5. The molecule has 4 rings (SSSR count). The van der Waals surface area contributed by atoms with E-state index in [1.807, 2.05) is 16.8 Å². The first-order chi connectivity index (χ1) is 14.5. The van der Waals surface area contributed by atoms with Crippen LogP contribution in [-0.4, -0.2) is 42.0 Å². The van der Waals surface area contributed by atoms with Crippen LogP contribution in [0.2, 0.25) is 0 Å². The maximum absolute atomic E-state index is 13.0. The van der Waals surface area contributed by atoms with E-state index < -0.39 is 18.4 Å². The molecule has 30 heavy (non-hydrogen) atoms. The predicted octanol–water partition coefficient (Wildman–Crippen LogP) is 3.34. The molecule has 3 aromatic rings. The summed E-state index contributed by atoms with van der Waals surface area (Å²) in [5.41, 5.74) is 1.71. The van der Waals surface area contributed by atoms with E-state index in [1.165, 1.54) is 34.4 Å². The third-order valence-electron chi connectivity index (χ3n) is 4.92. The molecule has 0 bridgehead atoms. The minimum atomic E-state index is -0.815. The molecule has 0 fully saturated rings. The van der Waals surface area contributed by atoms with Gasteiger partial charge in [-0.15, -0.1) is 0 Å². The number of carbonyl (C=O) groups excluding carboxylic acids is 4. The van der Waals surface area contributed by atoms with Gasteiger partial charge >= 0.3 is 5.97 Å². The molecule has 1 aliphatic rings. The standard InChI is InChI=1S/C23H17NO5S/c1-24(11-14-9-10-30-13-14)19(25)12-29-23(28)18-8-4-7-17-20(18)22(27)16-6-3-2-5-15(16)21(17)26/h2-10,13H,11-12H2,1H3. The molecule has 150 valence electrons. The van der Waals surface area contributed by atoms with E-state index in [0.717, 1.165) is 5.56 Å². The van der Waals surface area contributed by atoms with Crippen molar-refractivity contribution in [2.75, 3.05) is 13.7 Å². The SMILES string of the molecule is CN(Cc1ccsc1)C(=O)COC(=O)c1cccc2c1C(=O)c1ccccc1C2=O. The molecule has 0 radical (unpaired) electrons. The van der Waals surface area contributed by atoms with Crippen molar-refractivity contribution in [3.8, 4) is 0 Å². The molecule has 2 aromatic carbocycles. The number of likely N-dealkylation sites (N-methyl/N-ethyl adjacent to an activating group) is 1. The van der Waals surface area contributed by atoms with Crippen LogP contribution in [0.25, 0.3) is 0 Å². The summed E-state index contributed by atoms with van der Waals surface area (Å²) in [7, 11) is 1.62. The fourth-order valence-corrected chi connectivity index (χ4v) is 4.03. The van der Waals surface area contributed by atoms with E-state index in [2.05, 4.69) is 0 Å². The topological polar surface area (TPSA) is 80.8 Å². The van der Waals surface area contributed by atoms with Gasteiger partial charge in [0.15, 0.2) is 18.2 Å². The van der Waals surface area contributed by atoms with Crippen LogP contribution in [0.5, 0.6) is 0 Å². The van der Waals surface area contributed by atoms with Gasteiger partial charge in [-0.2, -0.15) is 11.3 Å². The molecule has 1 aromatic heterocycles. The van der Waals surface area contributed by atoms with E-state index in [9.17, 15) is 19.2 Å². The molecule has 0 saturated heterocycles. The van der Waals surface area contributed by atoms with Crippen molar-refractivity contribution in [1.29, 1.82) is 0 Å². The lowest BCUT2D eigenvalue weighted by molar-refractivity contribution is -0.133. The van der Waals surface area contributed by atoms with Crippen LogP contribution in [0.1, 0.15) is 47.8 Å². The summed E-state index contributed by atoms with van der Waals surface area (Å²) in [5, 5.41) is 3.86. The summed E-state index contributed by atoms with van der Waals surface area (Å²) in [5.74, 6) is -1.91. The first kappa shape index (κ1) is 19.7. The molecule has 0 spiro atoms. The number of hydrogen-bond acceptors (Lipinski definition) is 6. The van der Waals surface area contributed by atoms with Gasteiger partial charge in [0.1, 0.15) is 0 Å². The van der Waals surface area contributed by atoms with Crippen molar-refractivity contribution >= 4 is 34.8 Å². The van der Waals surface area contributed by atoms with Crippen LogP contribution in [0.3, 0.4) is 0 Å². The zero-order chi connectivity index (χ0) is 21.3. The highest BCUT2D eigenvalue weighted by Crippen LogP contribution is 2.29. The number of amides is 1. The summed E-state index contributed by atoms with van der Waals surface area (Å²) in [6.45, 7) is -0.0494. The van der Waals surface area contributed by atoms with Gasteiger partial charge in [0.05, 0.1) is 5.56 Å². The maximum Gasteiger partial charge on any atom is 0.339 e. The Balaban J connectivity index is 1.52. The van der Waals surface area contributed by atoms with Crippen LogP contribution in [-0.2, 0) is 16.1 Å². The van der Waals surface area contributed by atoms with Crippen LogP contribution < -0.4 is 0 Å². The molecule has 1 heterocycles. The van der Waals surface area contributed by atoms with Crippen molar-refractivity contribution < 1.29 is 23.9 Å². The molecule has 7 heteroatoms. The molecule has 0 aliphatic heterocycles. The second-order valence-corrected chi connectivity index (χ2v) is 7.67. The van der Waals surface area contributed by atoms with Gasteiger partial charge in [-0.05, 0) is 28.5 Å². The third kappa shape index (κ3) is 3.55. The number of nitrogens with zero attached hydrogens (tertiary/aromatic N) is 1. The Morgan fingerprint density at radius 3 is 2.33 bits per heavy atom. The van der Waals surface area contributed by atoms with Gasteiger partial charge in [0.25, 0.3) is 5.91 Å². The number of esters is 1. The lowest BCUT2D eigenvalue weighted by Gasteiger charge is -2.20. The van der Waals surface area contributed by atoms with E-state index in [0.29, 0.717) is 12.1 Å². The molecule has 1 aliphatic carbocycles. The van der Waals surface area contributed by atoms with Gasteiger partial charge in [-0.25, -0.2) is 4.79 Å². The van der Waals surface area contributed by atoms with E-state index >= 15 is 0 Å². The largest absolute Gasteiger partial charge is 0.452 e. The lowest BCUT2D eigenvalue weighted by Crippen LogP contribution is -2.31. The molecule has 0 unspecified atom stereocenters. The number of fused-ring (bicyclic) bond motifs is 2. The molecular weight excluding hydrogens is 402 g/mol. The smallest absolute Gasteiger partial charge is 0.339 e. The number of ketones is 2. The lowest BCUT2D eigenvalue weighted by atomic mass is 9.82. The van der Waals surface area contributed by atoms with Crippen molar-refractivity contribution in [3.05, 3.63) is 92.7 Å². The second kappa shape index (κ2) is 8.04. The van der Waals surface area contributed by atoms with Gasteiger partial charge < -0.3 is 9.64 Å². The van der Waals surface area contributed by atoms with Crippen LogP contribution in [0, 0.1) is 0 Å². The average molecular weight is 419 g/mol. The molecule has 1 amide bonds. The van der Waals surface area contributed by atoms with Crippen molar-refractivity contribution in [2.45, 2.75) is 6.54 Å². The van der Waals surface area contributed by atoms with E-state index in [1.54, 1.807) is 31.3 Å². The van der Waals surface area contributed by atoms with Gasteiger partial charge in [0, 0.05) is 35.8 Å². The number of hydrogen-bond donors (Lipinski definition) is 0. The number of carbonyl (C=O) groups is 4. The molecule has 0 atom stereocenters. The van der Waals surface area contributed by atoms with Gasteiger partial charge in [-0.1, -0.05) is 36.4 Å². The first-order valence-corrected chi connectivity index (χ1v) is 10.1. The Morgan fingerprint density at radius 1 is 0.933 bits per heavy atom. The van der Waals surface area contributed by atoms with Gasteiger partial charge in [-0.3, -0.25) is 14.4 Å². The van der Waals surface area contributed by atoms with E-state index in [-0.39, 0.29) is 33.9 Å². The number of benzene rings is 2. The summed E-state index contributed by atoms with van der Waals surface area (Å²) in [4.78, 5) is 52.2. The van der Waals surface area contributed by atoms with Crippen molar-refractivity contribution in [3.63, 3.8) is 0 Å². The minimum Gasteiger partial charge on any atom is -0.452 e.